The third-order valence-corrected chi connectivity index (χ3v) is 2.72. The third kappa shape index (κ3) is 4.87. The van der Waals surface area contributed by atoms with E-state index in [4.69, 9.17) is 0 Å². The first-order valence-corrected chi connectivity index (χ1v) is 5.91. The van der Waals surface area contributed by atoms with Crippen LogP contribution >= 0.6 is 0 Å². The molecule has 2 N–H and O–H groups in total. The number of carbonyl (C=O) groups is 1. The van der Waals surface area contributed by atoms with Crippen LogP contribution in [0.3, 0.4) is 0 Å². The SMILES string of the molecule is CNc1ccccc1C.O=CN1CCNCC1. The van der Waals surface area contributed by atoms with Crippen LogP contribution in [0.1, 0.15) is 5.56 Å². The maximum Gasteiger partial charge on any atom is 0.209 e. The molecule has 1 fully saturated rings. The first-order valence-electron chi connectivity index (χ1n) is 5.91. The number of rotatable bonds is 2. The van der Waals surface area contributed by atoms with Crippen molar-refractivity contribution in [2.75, 3.05) is 38.5 Å². The van der Waals surface area contributed by atoms with Crippen LogP contribution in [0.4, 0.5) is 5.69 Å². The highest BCUT2D eigenvalue weighted by Gasteiger charge is 2.04. The average Bonchev–Trinajstić information content (AvgIpc) is 2.41. The van der Waals surface area contributed by atoms with Gasteiger partial charge in [-0.1, -0.05) is 18.2 Å². The number of anilines is 1. The monoisotopic (exact) mass is 235 g/mol. The van der Waals surface area contributed by atoms with Crippen molar-refractivity contribution in [3.05, 3.63) is 29.8 Å². The van der Waals surface area contributed by atoms with Crippen molar-refractivity contribution in [2.24, 2.45) is 0 Å². The highest BCUT2D eigenvalue weighted by atomic mass is 16.1. The highest BCUT2D eigenvalue weighted by Crippen LogP contribution is 2.10. The molecule has 2 rings (SSSR count). The molecule has 1 aromatic rings. The van der Waals surface area contributed by atoms with E-state index in [1.807, 2.05) is 19.2 Å². The number of para-hydroxylation sites is 1. The van der Waals surface area contributed by atoms with Crippen molar-refractivity contribution >= 4 is 12.1 Å². The fourth-order valence-corrected chi connectivity index (χ4v) is 1.64. The molecule has 1 saturated heterocycles. The van der Waals surface area contributed by atoms with E-state index < -0.39 is 0 Å². The van der Waals surface area contributed by atoms with Gasteiger partial charge in [0.25, 0.3) is 0 Å². The van der Waals surface area contributed by atoms with Gasteiger partial charge in [-0.05, 0) is 18.6 Å². The second-order valence-corrected chi connectivity index (χ2v) is 3.96. The lowest BCUT2D eigenvalue weighted by Crippen LogP contribution is -2.42. The highest BCUT2D eigenvalue weighted by molar-refractivity contribution is 5.49. The first kappa shape index (κ1) is 13.5. The van der Waals surface area contributed by atoms with Gasteiger partial charge in [0.1, 0.15) is 0 Å². The summed E-state index contributed by atoms with van der Waals surface area (Å²) in [6.07, 6.45) is 0.904. The van der Waals surface area contributed by atoms with Gasteiger partial charge >= 0.3 is 0 Å². The number of amides is 1. The van der Waals surface area contributed by atoms with Crippen LogP contribution < -0.4 is 10.6 Å². The molecule has 1 heterocycles. The largest absolute Gasteiger partial charge is 0.388 e. The van der Waals surface area contributed by atoms with Gasteiger partial charge < -0.3 is 15.5 Å². The predicted molar refractivity (Wildman–Crippen MR) is 71.2 cm³/mol. The van der Waals surface area contributed by atoms with E-state index in [0.717, 1.165) is 32.6 Å². The van der Waals surface area contributed by atoms with Gasteiger partial charge in [0.2, 0.25) is 6.41 Å². The molecule has 1 aromatic carbocycles. The molecule has 1 aliphatic rings. The van der Waals surface area contributed by atoms with Crippen molar-refractivity contribution in [1.82, 2.24) is 10.2 Å². The van der Waals surface area contributed by atoms with Crippen LogP contribution in [0.2, 0.25) is 0 Å². The minimum absolute atomic E-state index is 0.865. The summed E-state index contributed by atoms with van der Waals surface area (Å²) in [6.45, 7) is 5.70. The van der Waals surface area contributed by atoms with E-state index in [0.29, 0.717) is 0 Å². The van der Waals surface area contributed by atoms with Crippen LogP contribution in [0.15, 0.2) is 24.3 Å². The summed E-state index contributed by atoms with van der Waals surface area (Å²) >= 11 is 0. The second kappa shape index (κ2) is 7.68. The van der Waals surface area contributed by atoms with Crippen molar-refractivity contribution < 1.29 is 4.79 Å². The molecular formula is C13H21N3O. The molecule has 0 unspecified atom stereocenters. The van der Waals surface area contributed by atoms with Gasteiger partial charge in [0.05, 0.1) is 0 Å². The van der Waals surface area contributed by atoms with Crippen molar-refractivity contribution in [3.8, 4) is 0 Å². The van der Waals surface area contributed by atoms with Gasteiger partial charge in [-0.15, -0.1) is 0 Å². The zero-order chi connectivity index (χ0) is 12.5. The van der Waals surface area contributed by atoms with E-state index in [-0.39, 0.29) is 0 Å². The Labute approximate surface area is 103 Å². The third-order valence-electron chi connectivity index (χ3n) is 2.72. The predicted octanol–water partition coefficient (Wildman–Crippen LogP) is 1.08. The van der Waals surface area contributed by atoms with Crippen molar-refractivity contribution in [1.29, 1.82) is 0 Å². The number of nitrogens with zero attached hydrogens (tertiary/aromatic N) is 1. The molecule has 0 radical (unpaired) electrons. The summed E-state index contributed by atoms with van der Waals surface area (Å²) in [5, 5.41) is 6.24. The van der Waals surface area contributed by atoms with Gasteiger partial charge in [-0.2, -0.15) is 0 Å². The molecule has 0 spiro atoms. The fourth-order valence-electron chi connectivity index (χ4n) is 1.64. The molecule has 0 saturated carbocycles. The van der Waals surface area contributed by atoms with E-state index >= 15 is 0 Å². The molecule has 0 aliphatic carbocycles. The Morgan fingerprint density at radius 2 is 1.94 bits per heavy atom. The molecule has 1 aliphatic heterocycles. The van der Waals surface area contributed by atoms with E-state index in [1.54, 1.807) is 4.90 Å². The van der Waals surface area contributed by atoms with E-state index in [2.05, 4.69) is 29.7 Å². The molecule has 0 atom stereocenters. The van der Waals surface area contributed by atoms with Crippen LogP contribution in [-0.2, 0) is 4.79 Å². The Kier molecular flexibility index (Phi) is 6.10. The van der Waals surface area contributed by atoms with E-state index in [9.17, 15) is 4.79 Å². The summed E-state index contributed by atoms with van der Waals surface area (Å²) in [4.78, 5) is 11.8. The summed E-state index contributed by atoms with van der Waals surface area (Å²) in [7, 11) is 1.93. The number of piperazine rings is 1. The lowest BCUT2D eigenvalue weighted by Gasteiger charge is -2.22. The first-order chi connectivity index (χ1) is 8.27. The summed E-state index contributed by atoms with van der Waals surface area (Å²) in [6, 6.07) is 8.22. The maximum absolute atomic E-state index is 10.1. The average molecular weight is 235 g/mol. The summed E-state index contributed by atoms with van der Waals surface area (Å²) in [5.41, 5.74) is 2.50. The lowest BCUT2D eigenvalue weighted by molar-refractivity contribution is -0.118. The number of hydrogen-bond donors (Lipinski definition) is 2. The molecule has 4 nitrogen and oxygen atoms in total. The Balaban J connectivity index is 0.000000171. The molecule has 1 amide bonds. The molecule has 4 heteroatoms. The number of hydrogen-bond acceptors (Lipinski definition) is 3. The summed E-state index contributed by atoms with van der Waals surface area (Å²) in [5.74, 6) is 0. The molecule has 0 aromatic heterocycles. The minimum atomic E-state index is 0.865. The fraction of sp³-hybridized carbons (Fsp3) is 0.462. The smallest absolute Gasteiger partial charge is 0.209 e. The van der Waals surface area contributed by atoms with E-state index in [1.165, 1.54) is 11.3 Å². The van der Waals surface area contributed by atoms with Crippen LogP contribution in [0, 0.1) is 6.92 Å². The lowest BCUT2D eigenvalue weighted by atomic mass is 10.2. The van der Waals surface area contributed by atoms with Gasteiger partial charge in [0, 0.05) is 38.9 Å². The Morgan fingerprint density at radius 3 is 2.35 bits per heavy atom. The second-order valence-electron chi connectivity index (χ2n) is 3.96. The van der Waals surface area contributed by atoms with Crippen LogP contribution in [0.5, 0.6) is 0 Å². The topological polar surface area (TPSA) is 44.4 Å². The zero-order valence-corrected chi connectivity index (χ0v) is 10.6. The molecule has 94 valence electrons. The standard InChI is InChI=1S/C8H11N.C5H10N2O/c1-7-5-3-4-6-8(7)9-2;8-5-7-3-1-6-2-4-7/h3-6,9H,1-2H3;5-6H,1-4H2. The molecular weight excluding hydrogens is 214 g/mol. The quantitative estimate of drug-likeness (QED) is 0.754. The van der Waals surface area contributed by atoms with Gasteiger partial charge in [-0.25, -0.2) is 0 Å². The zero-order valence-electron chi connectivity index (χ0n) is 10.6. The molecule has 0 bridgehead atoms. The number of aryl methyl sites for hydroxylation is 1. The number of benzene rings is 1. The van der Waals surface area contributed by atoms with Crippen LogP contribution in [0.25, 0.3) is 0 Å². The number of nitrogens with one attached hydrogen (secondary N) is 2. The molecule has 17 heavy (non-hydrogen) atoms. The van der Waals surface area contributed by atoms with Crippen molar-refractivity contribution in [2.45, 2.75) is 6.92 Å². The maximum atomic E-state index is 10.1. The Hall–Kier alpha value is -1.55. The van der Waals surface area contributed by atoms with Crippen molar-refractivity contribution in [3.63, 3.8) is 0 Å². The van der Waals surface area contributed by atoms with Gasteiger partial charge in [0.15, 0.2) is 0 Å². The van der Waals surface area contributed by atoms with Crippen LogP contribution in [-0.4, -0.2) is 44.5 Å². The summed E-state index contributed by atoms with van der Waals surface area (Å²) < 4.78 is 0. The number of carbonyl (C=O) groups excluding carboxylic acids is 1. The van der Waals surface area contributed by atoms with Gasteiger partial charge in [-0.3, -0.25) is 4.79 Å². The minimum Gasteiger partial charge on any atom is -0.388 e. The normalized spacial score (nSPS) is 14.6. The Bertz CT molecular complexity index is 335. The Morgan fingerprint density at radius 1 is 1.29 bits per heavy atom.